The molecular weight excluding hydrogens is 182 g/mol. The van der Waals surface area contributed by atoms with Gasteiger partial charge >= 0.3 is 0 Å². The lowest BCUT2D eigenvalue weighted by Gasteiger charge is -2.09. The van der Waals surface area contributed by atoms with Crippen molar-refractivity contribution in [1.29, 1.82) is 0 Å². The molecule has 15 heavy (non-hydrogen) atoms. The number of benzene rings is 1. The van der Waals surface area contributed by atoms with Gasteiger partial charge in [-0.2, -0.15) is 0 Å². The minimum absolute atomic E-state index is 0.824. The van der Waals surface area contributed by atoms with E-state index in [-0.39, 0.29) is 0 Å². The van der Waals surface area contributed by atoms with Crippen LogP contribution in [-0.2, 0) is 6.42 Å². The molecule has 1 saturated heterocycles. The van der Waals surface area contributed by atoms with Gasteiger partial charge < -0.3 is 5.32 Å². The normalized spacial score (nSPS) is 20.5. The van der Waals surface area contributed by atoms with Gasteiger partial charge in [0.2, 0.25) is 0 Å². The molecule has 0 radical (unpaired) electrons. The van der Waals surface area contributed by atoms with E-state index in [1.54, 1.807) is 0 Å². The maximum atomic E-state index is 3.99. The van der Waals surface area contributed by atoms with Crippen LogP contribution in [0.15, 0.2) is 30.8 Å². The zero-order valence-electron chi connectivity index (χ0n) is 9.42. The van der Waals surface area contributed by atoms with Crippen LogP contribution in [0.5, 0.6) is 0 Å². The van der Waals surface area contributed by atoms with Crippen molar-refractivity contribution < 1.29 is 0 Å². The van der Waals surface area contributed by atoms with Crippen LogP contribution in [0.2, 0.25) is 0 Å². The van der Waals surface area contributed by atoms with Gasteiger partial charge in [-0.25, -0.2) is 0 Å². The summed E-state index contributed by atoms with van der Waals surface area (Å²) >= 11 is 0. The first kappa shape index (κ1) is 10.4. The third-order valence-electron chi connectivity index (χ3n) is 3.11. The van der Waals surface area contributed by atoms with E-state index in [4.69, 9.17) is 0 Å². The monoisotopic (exact) mass is 201 g/mol. The molecule has 0 saturated carbocycles. The second-order valence-corrected chi connectivity index (χ2v) is 4.54. The molecule has 1 N–H and O–H groups in total. The van der Waals surface area contributed by atoms with Crippen LogP contribution in [0.4, 0.5) is 0 Å². The Kier molecular flexibility index (Phi) is 3.22. The Morgan fingerprint density at radius 3 is 3.07 bits per heavy atom. The Hall–Kier alpha value is -1.08. The van der Waals surface area contributed by atoms with Crippen molar-refractivity contribution in [3.8, 4) is 0 Å². The molecule has 0 aromatic heterocycles. The molecule has 1 atom stereocenters. The van der Waals surface area contributed by atoms with Crippen molar-refractivity contribution in [1.82, 2.24) is 5.32 Å². The highest BCUT2D eigenvalue weighted by Crippen LogP contribution is 2.18. The molecule has 1 fully saturated rings. The quantitative estimate of drug-likeness (QED) is 0.793. The number of hydrogen-bond donors (Lipinski definition) is 1. The Labute approximate surface area is 92.2 Å². The van der Waals surface area contributed by atoms with Gasteiger partial charge in [-0.15, -0.1) is 0 Å². The molecule has 1 aliphatic heterocycles. The minimum atomic E-state index is 0.824. The molecular formula is C14H19N. The first-order valence-corrected chi connectivity index (χ1v) is 5.71. The lowest BCUT2D eigenvalue weighted by Crippen LogP contribution is -2.10. The molecule has 0 amide bonds. The van der Waals surface area contributed by atoms with Crippen LogP contribution in [0.3, 0.4) is 0 Å². The van der Waals surface area contributed by atoms with E-state index in [0.29, 0.717) is 0 Å². The molecule has 1 unspecified atom stereocenters. The Morgan fingerprint density at radius 1 is 1.53 bits per heavy atom. The van der Waals surface area contributed by atoms with Crippen LogP contribution in [0.25, 0.3) is 5.57 Å². The molecule has 1 aromatic rings. The van der Waals surface area contributed by atoms with Crippen molar-refractivity contribution in [3.05, 3.63) is 42.0 Å². The van der Waals surface area contributed by atoms with E-state index in [9.17, 15) is 0 Å². The highest BCUT2D eigenvalue weighted by atomic mass is 14.9. The average molecular weight is 201 g/mol. The van der Waals surface area contributed by atoms with Gasteiger partial charge in [0.1, 0.15) is 0 Å². The van der Waals surface area contributed by atoms with E-state index in [2.05, 4.69) is 43.1 Å². The summed E-state index contributed by atoms with van der Waals surface area (Å²) in [5.74, 6) is 0.824. The molecule has 1 heteroatoms. The Bertz CT molecular complexity index is 348. The molecule has 1 aliphatic rings. The zero-order chi connectivity index (χ0) is 10.7. The van der Waals surface area contributed by atoms with E-state index >= 15 is 0 Å². The van der Waals surface area contributed by atoms with Gasteiger partial charge in [-0.05, 0) is 49.9 Å². The maximum Gasteiger partial charge on any atom is -0.00169 e. The van der Waals surface area contributed by atoms with Crippen molar-refractivity contribution in [2.45, 2.75) is 19.8 Å². The average Bonchev–Trinajstić information content (AvgIpc) is 2.71. The molecule has 0 aliphatic carbocycles. The highest BCUT2D eigenvalue weighted by Gasteiger charge is 2.14. The van der Waals surface area contributed by atoms with E-state index in [1.165, 1.54) is 37.1 Å². The molecule has 1 heterocycles. The predicted molar refractivity (Wildman–Crippen MR) is 65.8 cm³/mol. The van der Waals surface area contributed by atoms with Crippen molar-refractivity contribution in [2.24, 2.45) is 5.92 Å². The van der Waals surface area contributed by atoms with E-state index < -0.39 is 0 Å². The summed E-state index contributed by atoms with van der Waals surface area (Å²) in [5.41, 5.74) is 3.88. The third kappa shape index (κ3) is 2.69. The van der Waals surface area contributed by atoms with Crippen LogP contribution in [0.1, 0.15) is 24.5 Å². The lowest BCUT2D eigenvalue weighted by molar-refractivity contribution is 0.580. The molecule has 1 aromatic carbocycles. The van der Waals surface area contributed by atoms with E-state index in [1.807, 2.05) is 0 Å². The molecule has 2 rings (SSSR count). The largest absolute Gasteiger partial charge is 0.316 e. The highest BCUT2D eigenvalue weighted by molar-refractivity contribution is 5.61. The third-order valence-corrected chi connectivity index (χ3v) is 3.11. The molecule has 0 bridgehead atoms. The van der Waals surface area contributed by atoms with Crippen LogP contribution in [0, 0.1) is 5.92 Å². The van der Waals surface area contributed by atoms with Crippen LogP contribution in [-0.4, -0.2) is 13.1 Å². The fourth-order valence-corrected chi connectivity index (χ4v) is 2.19. The van der Waals surface area contributed by atoms with Gasteiger partial charge in [0.25, 0.3) is 0 Å². The second-order valence-electron chi connectivity index (χ2n) is 4.54. The molecule has 80 valence electrons. The number of hydrogen-bond acceptors (Lipinski definition) is 1. The standard InChI is InChI=1S/C14H19N/c1-11(2)14-5-3-4-12(9-14)8-13-6-7-15-10-13/h3-5,9,13,15H,1,6-8,10H2,2H3. The van der Waals surface area contributed by atoms with Gasteiger partial charge in [-0.3, -0.25) is 0 Å². The van der Waals surface area contributed by atoms with Crippen LogP contribution < -0.4 is 5.32 Å². The van der Waals surface area contributed by atoms with E-state index in [0.717, 1.165) is 11.5 Å². The summed E-state index contributed by atoms with van der Waals surface area (Å²) < 4.78 is 0. The fourth-order valence-electron chi connectivity index (χ4n) is 2.19. The van der Waals surface area contributed by atoms with Crippen molar-refractivity contribution >= 4 is 5.57 Å². The predicted octanol–water partition coefficient (Wildman–Crippen LogP) is 2.87. The summed E-state index contributed by atoms with van der Waals surface area (Å²) in [7, 11) is 0. The second kappa shape index (κ2) is 4.63. The van der Waals surface area contributed by atoms with Gasteiger partial charge in [-0.1, -0.05) is 36.4 Å². The van der Waals surface area contributed by atoms with Gasteiger partial charge in [0, 0.05) is 0 Å². The molecule has 0 spiro atoms. The number of nitrogens with one attached hydrogen (secondary N) is 1. The summed E-state index contributed by atoms with van der Waals surface area (Å²) in [6.45, 7) is 8.41. The smallest absolute Gasteiger partial charge is 0.00169 e. The summed E-state index contributed by atoms with van der Waals surface area (Å²) in [5, 5.41) is 3.41. The summed E-state index contributed by atoms with van der Waals surface area (Å²) in [6, 6.07) is 8.78. The van der Waals surface area contributed by atoms with Gasteiger partial charge in [0.15, 0.2) is 0 Å². The van der Waals surface area contributed by atoms with Crippen molar-refractivity contribution in [2.75, 3.05) is 13.1 Å². The number of rotatable bonds is 3. The van der Waals surface area contributed by atoms with Gasteiger partial charge in [0.05, 0.1) is 0 Å². The van der Waals surface area contributed by atoms with Crippen LogP contribution >= 0.6 is 0 Å². The first-order valence-electron chi connectivity index (χ1n) is 5.71. The summed E-state index contributed by atoms with van der Waals surface area (Å²) in [4.78, 5) is 0. The lowest BCUT2D eigenvalue weighted by atomic mass is 9.96. The topological polar surface area (TPSA) is 12.0 Å². The SMILES string of the molecule is C=C(C)c1cccc(CC2CCNC2)c1. The van der Waals surface area contributed by atoms with Crippen molar-refractivity contribution in [3.63, 3.8) is 0 Å². The first-order chi connectivity index (χ1) is 7.25. The minimum Gasteiger partial charge on any atom is -0.316 e. The summed E-state index contributed by atoms with van der Waals surface area (Å²) in [6.07, 6.45) is 2.52. The Balaban J connectivity index is 2.07. The maximum absolute atomic E-state index is 3.99. The zero-order valence-corrected chi connectivity index (χ0v) is 9.42. The fraction of sp³-hybridized carbons (Fsp3) is 0.429. The Morgan fingerprint density at radius 2 is 2.40 bits per heavy atom. The molecule has 1 nitrogen and oxygen atoms in total. The number of allylic oxidation sites excluding steroid dienone is 1.